The highest BCUT2D eigenvalue weighted by atomic mass is 16.5. The van der Waals surface area contributed by atoms with Crippen molar-refractivity contribution in [2.75, 3.05) is 18.5 Å². The number of likely N-dealkylation sites (N-methyl/N-ethyl adjacent to an activating group) is 1. The predicted molar refractivity (Wildman–Crippen MR) is 80.0 cm³/mol. The van der Waals surface area contributed by atoms with Crippen LogP contribution in [-0.2, 0) is 4.79 Å². The van der Waals surface area contributed by atoms with Crippen LogP contribution < -0.4 is 15.0 Å². The van der Waals surface area contributed by atoms with E-state index in [1.165, 1.54) is 18.2 Å². The third-order valence-electron chi connectivity index (χ3n) is 3.61. The highest BCUT2D eigenvalue weighted by Crippen LogP contribution is 2.34. The number of fused-ring (bicyclic) bond motifs is 1. The maximum atomic E-state index is 12.7. The Labute approximate surface area is 127 Å². The van der Waals surface area contributed by atoms with Crippen LogP contribution in [0.3, 0.4) is 0 Å². The molecule has 1 atom stereocenters. The molecule has 0 bridgehead atoms. The summed E-state index contributed by atoms with van der Waals surface area (Å²) in [6.07, 6.45) is 0.727. The van der Waals surface area contributed by atoms with Gasteiger partial charge in [0.25, 0.3) is 11.8 Å². The molecule has 2 aromatic rings. The van der Waals surface area contributed by atoms with Gasteiger partial charge in [0.15, 0.2) is 11.9 Å². The average Bonchev–Trinajstić information content (AvgIpc) is 2.98. The van der Waals surface area contributed by atoms with Crippen molar-refractivity contribution in [2.24, 2.45) is 0 Å². The zero-order valence-electron chi connectivity index (χ0n) is 12.3. The number of benzene rings is 1. The molecular formula is C16H16N2O4. The topological polar surface area (TPSA) is 71.8 Å². The van der Waals surface area contributed by atoms with Crippen LogP contribution in [-0.4, -0.2) is 31.5 Å². The molecule has 0 fully saturated rings. The third kappa shape index (κ3) is 2.32. The molecule has 2 heterocycles. The molecule has 2 amide bonds. The minimum atomic E-state index is -0.751. The number of carbonyl (C=O) groups is 2. The Bertz CT molecular complexity index is 722. The molecule has 1 N–H and O–H groups in total. The molecule has 0 unspecified atom stereocenters. The Morgan fingerprint density at radius 3 is 2.73 bits per heavy atom. The van der Waals surface area contributed by atoms with Gasteiger partial charge in [-0.2, -0.15) is 0 Å². The SMILES string of the molecule is CNC(=O)[C@H]1CN(C(=O)c2occc2C)c2ccccc2O1. The number of furan rings is 1. The number of anilines is 1. The number of para-hydroxylation sites is 2. The molecular weight excluding hydrogens is 284 g/mol. The molecule has 0 saturated heterocycles. The fraction of sp³-hybridized carbons (Fsp3) is 0.250. The lowest BCUT2D eigenvalue weighted by molar-refractivity contribution is -0.127. The van der Waals surface area contributed by atoms with Crippen LogP contribution in [0.25, 0.3) is 0 Å². The second-order valence-corrected chi connectivity index (χ2v) is 5.04. The number of aryl methyl sites for hydroxylation is 1. The summed E-state index contributed by atoms with van der Waals surface area (Å²) in [5.74, 6) is 0.211. The van der Waals surface area contributed by atoms with Gasteiger partial charge in [0.05, 0.1) is 18.5 Å². The van der Waals surface area contributed by atoms with Crippen LogP contribution in [0.1, 0.15) is 16.1 Å². The van der Waals surface area contributed by atoms with E-state index in [0.29, 0.717) is 11.4 Å². The third-order valence-corrected chi connectivity index (χ3v) is 3.61. The van der Waals surface area contributed by atoms with E-state index in [9.17, 15) is 9.59 Å². The van der Waals surface area contributed by atoms with Gasteiger partial charge in [-0.3, -0.25) is 14.5 Å². The molecule has 0 radical (unpaired) electrons. The molecule has 22 heavy (non-hydrogen) atoms. The first-order valence-corrected chi connectivity index (χ1v) is 6.95. The van der Waals surface area contributed by atoms with Gasteiger partial charge in [-0.15, -0.1) is 0 Å². The van der Waals surface area contributed by atoms with E-state index >= 15 is 0 Å². The Balaban J connectivity index is 2.00. The van der Waals surface area contributed by atoms with Gasteiger partial charge < -0.3 is 14.5 Å². The van der Waals surface area contributed by atoms with Crippen molar-refractivity contribution < 1.29 is 18.7 Å². The van der Waals surface area contributed by atoms with Crippen LogP contribution in [0.15, 0.2) is 41.0 Å². The molecule has 3 rings (SSSR count). The number of hydrogen-bond acceptors (Lipinski definition) is 4. The first-order valence-electron chi connectivity index (χ1n) is 6.95. The van der Waals surface area contributed by atoms with Gasteiger partial charge in [-0.05, 0) is 25.1 Å². The Hall–Kier alpha value is -2.76. The van der Waals surface area contributed by atoms with Crippen LogP contribution in [0.2, 0.25) is 0 Å². The minimum absolute atomic E-state index is 0.135. The van der Waals surface area contributed by atoms with Crippen molar-refractivity contribution in [1.82, 2.24) is 5.32 Å². The molecule has 0 saturated carbocycles. The summed E-state index contributed by atoms with van der Waals surface area (Å²) in [4.78, 5) is 26.2. The zero-order chi connectivity index (χ0) is 15.7. The van der Waals surface area contributed by atoms with Crippen molar-refractivity contribution in [2.45, 2.75) is 13.0 Å². The molecule has 1 aliphatic rings. The van der Waals surface area contributed by atoms with Crippen molar-refractivity contribution in [3.8, 4) is 5.75 Å². The number of ether oxygens (including phenoxy) is 1. The molecule has 1 aliphatic heterocycles. The van der Waals surface area contributed by atoms with E-state index in [1.807, 2.05) is 6.07 Å². The maximum Gasteiger partial charge on any atom is 0.294 e. The minimum Gasteiger partial charge on any atom is -0.477 e. The van der Waals surface area contributed by atoms with Crippen molar-refractivity contribution in [3.63, 3.8) is 0 Å². The van der Waals surface area contributed by atoms with E-state index in [-0.39, 0.29) is 24.1 Å². The van der Waals surface area contributed by atoms with Crippen LogP contribution in [0, 0.1) is 6.92 Å². The normalized spacial score (nSPS) is 16.6. The van der Waals surface area contributed by atoms with Gasteiger partial charge >= 0.3 is 0 Å². The fourth-order valence-electron chi connectivity index (χ4n) is 2.44. The van der Waals surface area contributed by atoms with E-state index in [1.54, 1.807) is 31.2 Å². The summed E-state index contributed by atoms with van der Waals surface area (Å²) < 4.78 is 11.0. The highest BCUT2D eigenvalue weighted by Gasteiger charge is 2.35. The lowest BCUT2D eigenvalue weighted by Gasteiger charge is -2.33. The number of amides is 2. The molecule has 0 spiro atoms. The van der Waals surface area contributed by atoms with Crippen LogP contribution >= 0.6 is 0 Å². The lowest BCUT2D eigenvalue weighted by Crippen LogP contribution is -2.50. The van der Waals surface area contributed by atoms with Gasteiger partial charge in [0, 0.05) is 12.6 Å². The highest BCUT2D eigenvalue weighted by molar-refractivity contribution is 6.07. The summed E-state index contributed by atoms with van der Waals surface area (Å²) in [5, 5.41) is 2.55. The monoisotopic (exact) mass is 300 g/mol. The first-order chi connectivity index (χ1) is 10.6. The predicted octanol–water partition coefficient (Wildman–Crippen LogP) is 1.74. The number of carbonyl (C=O) groups excluding carboxylic acids is 2. The Kier molecular flexibility index (Phi) is 3.58. The summed E-state index contributed by atoms with van der Waals surface area (Å²) in [6, 6.07) is 8.87. The maximum absolute atomic E-state index is 12.7. The van der Waals surface area contributed by atoms with Crippen molar-refractivity contribution >= 4 is 17.5 Å². The quantitative estimate of drug-likeness (QED) is 0.917. The molecule has 1 aromatic heterocycles. The molecule has 6 nitrogen and oxygen atoms in total. The van der Waals surface area contributed by atoms with Gasteiger partial charge in [-0.25, -0.2) is 0 Å². The molecule has 6 heteroatoms. The van der Waals surface area contributed by atoms with Gasteiger partial charge in [0.2, 0.25) is 0 Å². The fourth-order valence-corrected chi connectivity index (χ4v) is 2.44. The summed E-state index contributed by atoms with van der Waals surface area (Å²) >= 11 is 0. The van der Waals surface area contributed by atoms with Crippen LogP contribution in [0.4, 0.5) is 5.69 Å². The first kappa shape index (κ1) is 14.2. The molecule has 1 aromatic carbocycles. The standard InChI is InChI=1S/C16H16N2O4/c1-10-7-8-21-14(10)16(20)18-9-13(15(19)17-2)22-12-6-4-3-5-11(12)18/h3-8,13H,9H2,1-2H3,(H,17,19)/t13-/m1/s1. The van der Waals surface area contributed by atoms with E-state index in [2.05, 4.69) is 5.32 Å². The number of rotatable bonds is 2. The Morgan fingerprint density at radius 1 is 1.27 bits per heavy atom. The molecule has 0 aliphatic carbocycles. The van der Waals surface area contributed by atoms with Crippen molar-refractivity contribution in [3.05, 3.63) is 47.9 Å². The lowest BCUT2D eigenvalue weighted by atomic mass is 10.1. The largest absolute Gasteiger partial charge is 0.477 e. The second kappa shape index (κ2) is 5.55. The summed E-state index contributed by atoms with van der Waals surface area (Å²) in [6.45, 7) is 1.94. The summed E-state index contributed by atoms with van der Waals surface area (Å²) in [5.41, 5.74) is 1.38. The van der Waals surface area contributed by atoms with E-state index < -0.39 is 6.10 Å². The van der Waals surface area contributed by atoms with E-state index in [4.69, 9.17) is 9.15 Å². The number of hydrogen-bond donors (Lipinski definition) is 1. The van der Waals surface area contributed by atoms with Crippen LogP contribution in [0.5, 0.6) is 5.75 Å². The smallest absolute Gasteiger partial charge is 0.294 e. The van der Waals surface area contributed by atoms with Gasteiger partial charge in [-0.1, -0.05) is 12.1 Å². The number of nitrogens with zero attached hydrogens (tertiary/aromatic N) is 1. The second-order valence-electron chi connectivity index (χ2n) is 5.04. The van der Waals surface area contributed by atoms with E-state index in [0.717, 1.165) is 5.56 Å². The average molecular weight is 300 g/mol. The number of nitrogens with one attached hydrogen (secondary N) is 1. The Morgan fingerprint density at radius 2 is 2.05 bits per heavy atom. The summed E-state index contributed by atoms with van der Waals surface area (Å²) in [7, 11) is 1.54. The van der Waals surface area contributed by atoms with Crippen molar-refractivity contribution in [1.29, 1.82) is 0 Å². The van der Waals surface area contributed by atoms with Gasteiger partial charge in [0.1, 0.15) is 5.75 Å². The zero-order valence-corrected chi connectivity index (χ0v) is 12.3. The molecule has 114 valence electrons.